The third-order valence-electron chi connectivity index (χ3n) is 6.25. The summed E-state index contributed by atoms with van der Waals surface area (Å²) in [6.45, 7) is 0. The number of phenols is 1. The zero-order valence-corrected chi connectivity index (χ0v) is 20.1. The fourth-order valence-corrected chi connectivity index (χ4v) is 6.07. The van der Waals surface area contributed by atoms with E-state index in [1.54, 1.807) is 48.7 Å². The molecule has 1 aromatic heterocycles. The summed E-state index contributed by atoms with van der Waals surface area (Å²) < 4.78 is 25.5. The summed E-state index contributed by atoms with van der Waals surface area (Å²) in [5.74, 6) is -0.897. The second-order valence-corrected chi connectivity index (χ2v) is 11.0. The van der Waals surface area contributed by atoms with Crippen LogP contribution in [0.1, 0.15) is 33.5 Å². The predicted octanol–water partition coefficient (Wildman–Crippen LogP) is 4.47. The van der Waals surface area contributed by atoms with Crippen LogP contribution in [0, 0.1) is 0 Å². The molecule has 0 spiro atoms. The van der Waals surface area contributed by atoms with Gasteiger partial charge in [-0.05, 0) is 46.0 Å². The summed E-state index contributed by atoms with van der Waals surface area (Å²) >= 11 is 0. The van der Waals surface area contributed by atoms with Crippen LogP contribution in [0.3, 0.4) is 0 Å². The number of nitrogens with one attached hydrogen (secondary N) is 1. The number of aromatic amines is 1. The first-order valence-electron chi connectivity index (χ1n) is 11.2. The number of aromatic hydroxyl groups is 1. The largest absolute Gasteiger partial charge is 0.508 e. The fourth-order valence-electron chi connectivity index (χ4n) is 4.56. The van der Waals surface area contributed by atoms with Gasteiger partial charge in [-0.3, -0.25) is 4.79 Å². The normalized spacial score (nSPS) is 13.3. The minimum absolute atomic E-state index is 0.0576. The van der Waals surface area contributed by atoms with Crippen LogP contribution in [-0.2, 0) is 38.6 Å². The Morgan fingerprint density at radius 3 is 2.26 bits per heavy atom. The van der Waals surface area contributed by atoms with Crippen molar-refractivity contribution >= 4 is 15.8 Å². The highest BCUT2D eigenvalue weighted by Crippen LogP contribution is 2.41. The molecule has 0 aliphatic rings. The van der Waals surface area contributed by atoms with Gasteiger partial charge in [-0.2, -0.15) is 0 Å². The first kappa shape index (κ1) is 24.3. The molecule has 0 saturated heterocycles. The van der Waals surface area contributed by atoms with Crippen molar-refractivity contribution in [3.63, 3.8) is 0 Å². The minimum atomic E-state index is -3.78. The van der Waals surface area contributed by atoms with Crippen molar-refractivity contribution in [2.75, 3.05) is 6.26 Å². The number of H-pyrrole nitrogens is 1. The number of aromatic nitrogens is 1. The van der Waals surface area contributed by atoms with Crippen molar-refractivity contribution in [3.8, 4) is 5.75 Å². The molecular formula is C28H27NO5S. The Kier molecular flexibility index (Phi) is 6.80. The molecule has 1 atom stereocenters. The van der Waals surface area contributed by atoms with Gasteiger partial charge in [0.25, 0.3) is 0 Å². The number of sulfone groups is 1. The molecule has 35 heavy (non-hydrogen) atoms. The molecule has 0 aliphatic carbocycles. The number of rotatable bonds is 9. The van der Waals surface area contributed by atoms with E-state index in [2.05, 4.69) is 4.98 Å². The van der Waals surface area contributed by atoms with Gasteiger partial charge in [0.15, 0.2) is 9.84 Å². The van der Waals surface area contributed by atoms with Crippen LogP contribution < -0.4 is 0 Å². The lowest BCUT2D eigenvalue weighted by atomic mass is 9.86. The highest BCUT2D eigenvalue weighted by Gasteiger charge is 2.45. The third kappa shape index (κ3) is 5.15. The molecule has 0 radical (unpaired) electrons. The average Bonchev–Trinajstić information content (AvgIpc) is 3.34. The van der Waals surface area contributed by atoms with Crippen LogP contribution in [-0.4, -0.2) is 35.8 Å². The van der Waals surface area contributed by atoms with Crippen LogP contribution in [0.25, 0.3) is 0 Å². The van der Waals surface area contributed by atoms with Gasteiger partial charge in [-0.15, -0.1) is 0 Å². The van der Waals surface area contributed by atoms with E-state index in [9.17, 15) is 23.4 Å². The summed E-state index contributed by atoms with van der Waals surface area (Å²) in [5, 5.41) is 20.0. The summed E-state index contributed by atoms with van der Waals surface area (Å²) in [5.41, 5.74) is 3.89. The number of carboxylic acids is 1. The molecule has 0 aliphatic heterocycles. The van der Waals surface area contributed by atoms with Crippen LogP contribution in [0.4, 0.5) is 0 Å². The molecule has 0 saturated carbocycles. The molecule has 3 N–H and O–H groups in total. The van der Waals surface area contributed by atoms with E-state index in [4.69, 9.17) is 0 Å². The monoisotopic (exact) mass is 489 g/mol. The van der Waals surface area contributed by atoms with Gasteiger partial charge in [-0.1, -0.05) is 66.7 Å². The van der Waals surface area contributed by atoms with Crippen LogP contribution in [0.2, 0.25) is 0 Å². The summed E-state index contributed by atoms with van der Waals surface area (Å²) in [6, 6.07) is 25.2. The first-order valence-corrected chi connectivity index (χ1v) is 13.1. The lowest BCUT2D eigenvalue weighted by molar-refractivity contribution is -0.136. The Bertz CT molecular complexity index is 1430. The number of aliphatic carboxylic acids is 1. The van der Waals surface area contributed by atoms with Gasteiger partial charge in [0, 0.05) is 31.0 Å². The van der Waals surface area contributed by atoms with Crippen molar-refractivity contribution in [3.05, 3.63) is 125 Å². The van der Waals surface area contributed by atoms with Crippen molar-refractivity contribution in [1.29, 1.82) is 0 Å². The standard InChI is InChI=1S/C28H27NO5S/c1-35(33,34)28(26-11-6-14-29-26,24-10-5-9-21(16-24)18-27(31)32)19-22-12-13-23(25(30)17-22)15-20-7-3-2-4-8-20/h2-14,16-17,29-30H,15,18-19H2,1H3,(H,31,32). The van der Waals surface area contributed by atoms with Crippen molar-refractivity contribution in [1.82, 2.24) is 4.98 Å². The molecule has 180 valence electrons. The SMILES string of the molecule is CS(=O)(=O)C(Cc1ccc(Cc2ccccc2)c(O)c1)(c1cccc(CC(=O)O)c1)c1ccc[nH]1. The molecule has 1 unspecified atom stereocenters. The Morgan fingerprint density at radius 2 is 1.63 bits per heavy atom. The molecule has 4 aromatic rings. The summed E-state index contributed by atoms with van der Waals surface area (Å²) in [7, 11) is -3.78. The predicted molar refractivity (Wildman–Crippen MR) is 135 cm³/mol. The van der Waals surface area contributed by atoms with Gasteiger partial charge in [-0.25, -0.2) is 8.42 Å². The highest BCUT2D eigenvalue weighted by molar-refractivity contribution is 7.91. The van der Waals surface area contributed by atoms with E-state index in [1.807, 2.05) is 42.5 Å². The van der Waals surface area contributed by atoms with E-state index in [-0.39, 0.29) is 18.6 Å². The van der Waals surface area contributed by atoms with Crippen molar-refractivity contribution in [2.45, 2.75) is 24.0 Å². The third-order valence-corrected chi connectivity index (χ3v) is 8.12. The molecule has 1 heterocycles. The number of carbonyl (C=O) groups is 1. The van der Waals surface area contributed by atoms with Crippen LogP contribution in [0.5, 0.6) is 5.75 Å². The second kappa shape index (κ2) is 9.80. The maximum absolute atomic E-state index is 13.5. The second-order valence-electron chi connectivity index (χ2n) is 8.76. The lowest BCUT2D eigenvalue weighted by Crippen LogP contribution is -2.39. The smallest absolute Gasteiger partial charge is 0.307 e. The van der Waals surface area contributed by atoms with Gasteiger partial charge < -0.3 is 15.2 Å². The Morgan fingerprint density at radius 1 is 0.886 bits per heavy atom. The van der Waals surface area contributed by atoms with Gasteiger partial charge in [0.05, 0.1) is 6.42 Å². The molecular weight excluding hydrogens is 462 g/mol. The van der Waals surface area contributed by atoms with Gasteiger partial charge in [0.2, 0.25) is 0 Å². The van der Waals surface area contributed by atoms with Crippen molar-refractivity contribution < 1.29 is 23.4 Å². The Balaban J connectivity index is 1.80. The summed E-state index contributed by atoms with van der Waals surface area (Å²) in [4.78, 5) is 14.4. The Hall–Kier alpha value is -3.84. The van der Waals surface area contributed by atoms with Crippen LogP contribution in [0.15, 0.2) is 91.1 Å². The van der Waals surface area contributed by atoms with Crippen molar-refractivity contribution in [2.24, 2.45) is 0 Å². The number of phenolic OH excluding ortho intramolecular Hbond substituents is 1. The van der Waals surface area contributed by atoms with E-state index in [1.165, 1.54) is 6.26 Å². The zero-order chi connectivity index (χ0) is 25.1. The average molecular weight is 490 g/mol. The molecule has 7 heteroatoms. The highest BCUT2D eigenvalue weighted by atomic mass is 32.2. The minimum Gasteiger partial charge on any atom is -0.508 e. The number of hydrogen-bond acceptors (Lipinski definition) is 4. The molecule has 0 fully saturated rings. The maximum atomic E-state index is 13.5. The topological polar surface area (TPSA) is 107 Å². The maximum Gasteiger partial charge on any atom is 0.307 e. The number of carboxylic acid groups (broad SMARTS) is 1. The molecule has 4 rings (SSSR count). The fraction of sp³-hybridized carbons (Fsp3) is 0.179. The van der Waals surface area contributed by atoms with E-state index >= 15 is 0 Å². The zero-order valence-electron chi connectivity index (χ0n) is 19.3. The lowest BCUT2D eigenvalue weighted by Gasteiger charge is -2.32. The van der Waals surface area contributed by atoms with Gasteiger partial charge >= 0.3 is 5.97 Å². The number of benzene rings is 3. The quantitative estimate of drug-likeness (QED) is 0.322. The molecule has 6 nitrogen and oxygen atoms in total. The first-order chi connectivity index (χ1) is 16.7. The van der Waals surface area contributed by atoms with Crippen LogP contribution >= 0.6 is 0 Å². The number of hydrogen-bond donors (Lipinski definition) is 3. The molecule has 3 aromatic carbocycles. The molecule has 0 bridgehead atoms. The Labute approximate surface area is 204 Å². The molecule has 0 amide bonds. The summed E-state index contributed by atoms with van der Waals surface area (Å²) in [6.07, 6.45) is 3.24. The van der Waals surface area contributed by atoms with E-state index < -0.39 is 20.6 Å². The van der Waals surface area contributed by atoms with Gasteiger partial charge in [0.1, 0.15) is 10.5 Å². The van der Waals surface area contributed by atoms with E-state index in [0.29, 0.717) is 28.8 Å². The van der Waals surface area contributed by atoms with E-state index in [0.717, 1.165) is 11.1 Å².